The van der Waals surface area contributed by atoms with Crippen molar-refractivity contribution in [2.24, 2.45) is 5.10 Å². The van der Waals surface area contributed by atoms with Gasteiger partial charge in [0.05, 0.1) is 22.9 Å². The smallest absolute Gasteiger partial charge is 0.406 e. The summed E-state index contributed by atoms with van der Waals surface area (Å²) in [5.74, 6) is -0.280. The summed E-state index contributed by atoms with van der Waals surface area (Å²) in [6, 6.07) is 21.1. The normalized spacial score (nSPS) is 11.8. The maximum absolute atomic E-state index is 12.5. The number of hydrogen-bond donors (Lipinski definition) is 2. The lowest BCUT2D eigenvalue weighted by atomic mass is 10.1. The van der Waals surface area contributed by atoms with Crippen molar-refractivity contribution in [2.45, 2.75) is 6.36 Å². The summed E-state index contributed by atoms with van der Waals surface area (Å²) < 4.78 is 44.8. The Morgan fingerprint density at radius 1 is 1.00 bits per heavy atom. The number of halogens is 5. The van der Waals surface area contributed by atoms with Gasteiger partial charge in [0, 0.05) is 20.0 Å². The van der Waals surface area contributed by atoms with Gasteiger partial charge in [-0.15, -0.1) is 13.2 Å². The fraction of sp³-hybridized carbons (Fsp3) is 0.0385. The van der Waals surface area contributed by atoms with E-state index in [2.05, 4.69) is 57.4 Å². The Morgan fingerprint density at radius 3 is 2.45 bits per heavy atom. The van der Waals surface area contributed by atoms with Crippen molar-refractivity contribution in [2.75, 3.05) is 5.32 Å². The average Bonchev–Trinajstić information content (AvgIpc) is 3.30. The van der Waals surface area contributed by atoms with Crippen LogP contribution >= 0.6 is 44.1 Å². The van der Waals surface area contributed by atoms with Gasteiger partial charge in [-0.05, 0) is 104 Å². The molecule has 0 radical (unpaired) electrons. The van der Waals surface area contributed by atoms with E-state index in [9.17, 15) is 13.2 Å². The third-order valence-electron chi connectivity index (χ3n) is 5.49. The summed E-state index contributed by atoms with van der Waals surface area (Å²) in [7, 11) is 0. The summed E-state index contributed by atoms with van der Waals surface area (Å²) in [5, 5.41) is 9.54. The van der Waals surface area contributed by atoms with E-state index in [1.54, 1.807) is 24.7 Å². The van der Waals surface area contributed by atoms with Crippen LogP contribution in [-0.2, 0) is 0 Å². The van der Waals surface area contributed by atoms with Gasteiger partial charge in [0.25, 0.3) is 0 Å². The van der Waals surface area contributed by atoms with E-state index < -0.39 is 6.36 Å². The zero-order valence-corrected chi connectivity index (χ0v) is 23.1. The number of imidazole rings is 1. The molecule has 192 valence electrons. The molecule has 0 fully saturated rings. The van der Waals surface area contributed by atoms with Crippen LogP contribution in [0.15, 0.2) is 93.2 Å². The second-order valence-corrected chi connectivity index (χ2v) is 10.1. The molecule has 4 aromatic carbocycles. The molecule has 5 aromatic rings. The van der Waals surface area contributed by atoms with Crippen molar-refractivity contribution < 1.29 is 17.9 Å². The topological polar surface area (TPSA) is 63.5 Å². The van der Waals surface area contributed by atoms with Crippen LogP contribution in [0.1, 0.15) is 5.56 Å². The first-order valence-electron chi connectivity index (χ1n) is 11.0. The monoisotopic (exact) mass is 661 g/mol. The Hall–Kier alpha value is -3.48. The van der Waals surface area contributed by atoms with E-state index in [1.165, 1.54) is 12.1 Å². The number of nitrogens with zero attached hydrogens (tertiary/aromatic N) is 3. The highest BCUT2D eigenvalue weighted by molar-refractivity contribution is 9.11. The highest BCUT2D eigenvalue weighted by atomic mass is 79.9. The zero-order chi connectivity index (χ0) is 26.9. The molecule has 5 rings (SSSR count). The molecule has 12 heteroatoms. The predicted molar refractivity (Wildman–Crippen MR) is 154 cm³/mol. The Bertz CT molecular complexity index is 1670. The van der Waals surface area contributed by atoms with Crippen LogP contribution in [0.25, 0.3) is 27.5 Å². The summed E-state index contributed by atoms with van der Waals surface area (Å²) >= 11 is 12.3. The Kier molecular flexibility index (Phi) is 7.37. The van der Waals surface area contributed by atoms with Gasteiger partial charge in [-0.2, -0.15) is 5.10 Å². The van der Waals surface area contributed by atoms with Gasteiger partial charge in [-0.3, -0.25) is 9.99 Å². The van der Waals surface area contributed by atoms with Crippen LogP contribution in [0.3, 0.4) is 0 Å². The van der Waals surface area contributed by atoms with Crippen molar-refractivity contribution in [1.29, 1.82) is 0 Å². The van der Waals surface area contributed by atoms with Crippen LogP contribution in [0.2, 0.25) is 0 Å². The SMILES string of the molecule is FC(F)(F)Oc1ccc(-n2cnc3c4ccc(/C=N/NC(=S)Nc5c(Br)cccc5Br)cc4ccc32)cc1. The lowest BCUT2D eigenvalue weighted by molar-refractivity contribution is -0.274. The fourth-order valence-electron chi connectivity index (χ4n) is 3.85. The largest absolute Gasteiger partial charge is 0.573 e. The minimum absolute atomic E-state index is 0.280. The summed E-state index contributed by atoms with van der Waals surface area (Å²) in [6.45, 7) is 0. The molecule has 0 aliphatic rings. The van der Waals surface area contributed by atoms with Gasteiger partial charge >= 0.3 is 6.36 Å². The van der Waals surface area contributed by atoms with Crippen molar-refractivity contribution in [3.63, 3.8) is 0 Å². The molecule has 0 saturated carbocycles. The van der Waals surface area contributed by atoms with E-state index in [0.29, 0.717) is 10.8 Å². The molecule has 0 aliphatic carbocycles. The zero-order valence-electron chi connectivity index (χ0n) is 19.1. The molecular weight excluding hydrogens is 647 g/mol. The molecule has 6 nitrogen and oxygen atoms in total. The van der Waals surface area contributed by atoms with Crippen LogP contribution in [0.4, 0.5) is 18.9 Å². The highest BCUT2D eigenvalue weighted by Crippen LogP contribution is 2.31. The van der Waals surface area contributed by atoms with Crippen LogP contribution in [-0.4, -0.2) is 27.2 Å². The first-order valence-corrected chi connectivity index (χ1v) is 13.0. The third kappa shape index (κ3) is 5.82. The molecular formula is C26H16Br2F3N5OS. The minimum atomic E-state index is -4.73. The number of nitrogens with one attached hydrogen (secondary N) is 2. The van der Waals surface area contributed by atoms with Crippen molar-refractivity contribution in [3.05, 3.63) is 93.6 Å². The van der Waals surface area contributed by atoms with E-state index in [0.717, 1.165) is 42.0 Å². The molecule has 0 aliphatic heterocycles. The standard InChI is InChI=1S/C26H16Br2F3N5OS/c27-20-2-1-3-21(28)24(20)34-25(38)35-33-13-15-4-10-19-16(12-15)5-11-22-23(19)32-14-36(22)17-6-8-18(9-7-17)37-26(29,30)31/h1-14H,(H2,34,35,38)/b33-13+. The Morgan fingerprint density at radius 2 is 1.74 bits per heavy atom. The van der Waals surface area contributed by atoms with Gasteiger partial charge in [0.15, 0.2) is 5.11 Å². The highest BCUT2D eigenvalue weighted by Gasteiger charge is 2.31. The van der Waals surface area contributed by atoms with Crippen LogP contribution < -0.4 is 15.5 Å². The molecule has 2 N–H and O–H groups in total. The number of anilines is 1. The Labute approximate surface area is 236 Å². The quantitative estimate of drug-likeness (QED) is 0.114. The number of benzene rings is 4. The van der Waals surface area contributed by atoms with E-state index >= 15 is 0 Å². The van der Waals surface area contributed by atoms with Gasteiger partial charge in [0.1, 0.15) is 12.1 Å². The number of hydrogen-bond acceptors (Lipinski definition) is 4. The van der Waals surface area contributed by atoms with Crippen molar-refractivity contribution >= 4 is 82.9 Å². The molecule has 38 heavy (non-hydrogen) atoms. The number of fused-ring (bicyclic) bond motifs is 3. The summed E-state index contributed by atoms with van der Waals surface area (Å²) in [6.07, 6.45) is -1.43. The molecule has 0 amide bonds. The first-order chi connectivity index (χ1) is 18.2. The van der Waals surface area contributed by atoms with Gasteiger partial charge in [0.2, 0.25) is 0 Å². The summed E-state index contributed by atoms with van der Waals surface area (Å²) in [5.41, 5.74) is 6.71. The number of alkyl halides is 3. The van der Waals surface area contributed by atoms with Crippen molar-refractivity contribution in [3.8, 4) is 11.4 Å². The maximum Gasteiger partial charge on any atom is 0.573 e. The lowest BCUT2D eigenvalue weighted by Crippen LogP contribution is -2.24. The van der Waals surface area contributed by atoms with E-state index in [-0.39, 0.29) is 5.75 Å². The number of ether oxygens (including phenoxy) is 1. The fourth-order valence-corrected chi connectivity index (χ4v) is 5.20. The molecule has 1 aromatic heterocycles. The molecule has 1 heterocycles. The second kappa shape index (κ2) is 10.7. The van der Waals surface area contributed by atoms with Crippen LogP contribution in [0, 0.1) is 0 Å². The van der Waals surface area contributed by atoms with Crippen molar-refractivity contribution in [1.82, 2.24) is 15.0 Å². The Balaban J connectivity index is 1.32. The minimum Gasteiger partial charge on any atom is -0.406 e. The number of rotatable bonds is 5. The first kappa shape index (κ1) is 26.1. The number of para-hydroxylation sites is 1. The lowest BCUT2D eigenvalue weighted by Gasteiger charge is -2.10. The molecule has 0 saturated heterocycles. The number of thiocarbonyl (C=S) groups is 1. The third-order valence-corrected chi connectivity index (χ3v) is 7.00. The number of aromatic nitrogens is 2. The predicted octanol–water partition coefficient (Wildman–Crippen LogP) is 7.92. The van der Waals surface area contributed by atoms with Gasteiger partial charge in [-0.25, -0.2) is 4.98 Å². The number of hydrazone groups is 1. The molecule has 0 spiro atoms. The van der Waals surface area contributed by atoms with Crippen LogP contribution in [0.5, 0.6) is 5.75 Å². The molecule has 0 atom stereocenters. The average molecular weight is 663 g/mol. The molecule has 0 bridgehead atoms. The van der Waals surface area contributed by atoms with Gasteiger partial charge < -0.3 is 10.1 Å². The van der Waals surface area contributed by atoms with E-state index in [1.807, 2.05) is 53.1 Å². The van der Waals surface area contributed by atoms with Gasteiger partial charge in [-0.1, -0.05) is 24.3 Å². The molecule has 0 unspecified atom stereocenters. The summed E-state index contributed by atoms with van der Waals surface area (Å²) in [4.78, 5) is 4.55. The maximum atomic E-state index is 12.5. The second-order valence-electron chi connectivity index (χ2n) is 7.99. The van der Waals surface area contributed by atoms with E-state index in [4.69, 9.17) is 12.2 Å².